The fourth-order valence-electron chi connectivity index (χ4n) is 5.89. The molecular weight excluding hydrogens is 368 g/mol. The Bertz CT molecular complexity index is 850. The Labute approximate surface area is 171 Å². The van der Waals surface area contributed by atoms with Gasteiger partial charge in [0.15, 0.2) is 6.29 Å². The summed E-state index contributed by atoms with van der Waals surface area (Å²) < 4.78 is 16.1. The lowest BCUT2D eigenvalue weighted by Crippen LogP contribution is -2.41. The largest absolute Gasteiger partial charge is 0.496 e. The summed E-state index contributed by atoms with van der Waals surface area (Å²) in [7, 11) is 4.60. The summed E-state index contributed by atoms with van der Waals surface area (Å²) in [6.45, 7) is 0. The molecular formula is C24H28O5. The van der Waals surface area contributed by atoms with E-state index in [0.717, 1.165) is 29.4 Å². The average molecular weight is 396 g/mol. The highest BCUT2D eigenvalue weighted by Gasteiger charge is 2.46. The van der Waals surface area contributed by atoms with E-state index in [0.29, 0.717) is 28.7 Å². The zero-order valence-electron chi connectivity index (χ0n) is 17.3. The standard InChI is InChI=1S/C24H28O5/c1-27-21-12-20(19(13-25)11-16(21)4-5-22(26)28-2)24(29-3)23-17-7-14-6-15(9-17)10-18(23)8-14/h4-5,11-15,17-18H,6-10H2,1-3H3/b5-4+,24-23?. The molecule has 0 saturated heterocycles. The lowest BCUT2D eigenvalue weighted by atomic mass is 9.54. The van der Waals surface area contributed by atoms with Crippen molar-refractivity contribution in [1.82, 2.24) is 0 Å². The van der Waals surface area contributed by atoms with Gasteiger partial charge in [-0.15, -0.1) is 0 Å². The fourth-order valence-corrected chi connectivity index (χ4v) is 5.89. The third kappa shape index (κ3) is 3.59. The molecule has 1 aromatic carbocycles. The molecule has 0 heterocycles. The minimum atomic E-state index is -0.461. The molecule has 5 nitrogen and oxygen atoms in total. The number of aldehydes is 1. The van der Waals surface area contributed by atoms with Gasteiger partial charge in [-0.25, -0.2) is 4.79 Å². The first-order valence-corrected chi connectivity index (χ1v) is 10.3. The highest BCUT2D eigenvalue weighted by atomic mass is 16.5. The molecule has 0 aliphatic heterocycles. The predicted octanol–water partition coefficient (Wildman–Crippen LogP) is 4.51. The van der Waals surface area contributed by atoms with Crippen LogP contribution in [-0.2, 0) is 14.3 Å². The summed E-state index contributed by atoms with van der Waals surface area (Å²) in [5.41, 5.74) is 3.35. The predicted molar refractivity (Wildman–Crippen MR) is 110 cm³/mol. The van der Waals surface area contributed by atoms with E-state index in [1.807, 2.05) is 6.07 Å². The highest BCUT2D eigenvalue weighted by Crippen LogP contribution is 2.58. The van der Waals surface area contributed by atoms with E-state index in [4.69, 9.17) is 9.47 Å². The Morgan fingerprint density at radius 3 is 2.10 bits per heavy atom. The van der Waals surface area contributed by atoms with Crippen LogP contribution in [0, 0.1) is 23.7 Å². The van der Waals surface area contributed by atoms with Crippen molar-refractivity contribution >= 4 is 24.1 Å². The lowest BCUT2D eigenvalue weighted by molar-refractivity contribution is -0.134. The summed E-state index contributed by atoms with van der Waals surface area (Å²) in [5, 5.41) is 0. The summed E-state index contributed by atoms with van der Waals surface area (Å²) in [5.74, 6) is 3.79. The van der Waals surface area contributed by atoms with Crippen LogP contribution >= 0.6 is 0 Å². The second-order valence-electron chi connectivity index (χ2n) is 8.45. The molecule has 1 aromatic rings. The Balaban J connectivity index is 1.79. The third-order valence-electron chi connectivity index (χ3n) is 6.86. The van der Waals surface area contributed by atoms with Crippen molar-refractivity contribution in [2.45, 2.75) is 32.1 Å². The van der Waals surface area contributed by atoms with Crippen LogP contribution in [0.3, 0.4) is 0 Å². The molecule has 0 radical (unpaired) electrons. The van der Waals surface area contributed by atoms with Gasteiger partial charge in [-0.3, -0.25) is 4.79 Å². The van der Waals surface area contributed by atoms with Crippen molar-refractivity contribution in [2.75, 3.05) is 21.3 Å². The Morgan fingerprint density at radius 1 is 0.931 bits per heavy atom. The van der Waals surface area contributed by atoms with Gasteiger partial charge >= 0.3 is 5.97 Å². The molecule has 0 atom stereocenters. The molecule has 4 fully saturated rings. The van der Waals surface area contributed by atoms with Crippen LogP contribution in [0.4, 0.5) is 0 Å². The molecule has 154 valence electrons. The van der Waals surface area contributed by atoms with Gasteiger partial charge < -0.3 is 14.2 Å². The number of carbonyl (C=O) groups excluding carboxylic acids is 2. The number of allylic oxidation sites excluding steroid dienone is 1. The SMILES string of the molecule is COC(=O)/C=C/c1cc(C=O)c(C(OC)=C2C3CC4CC(C3)CC2C4)cc1OC. The Morgan fingerprint density at radius 2 is 1.59 bits per heavy atom. The molecule has 4 aliphatic carbocycles. The molecule has 0 N–H and O–H groups in total. The van der Waals surface area contributed by atoms with Crippen LogP contribution in [-0.4, -0.2) is 33.6 Å². The van der Waals surface area contributed by atoms with Crippen LogP contribution in [0.5, 0.6) is 5.75 Å². The van der Waals surface area contributed by atoms with Gasteiger partial charge in [-0.2, -0.15) is 0 Å². The van der Waals surface area contributed by atoms with Crippen LogP contribution in [0.15, 0.2) is 23.8 Å². The Hall–Kier alpha value is -2.56. The maximum Gasteiger partial charge on any atom is 0.330 e. The van der Waals surface area contributed by atoms with Crippen molar-refractivity contribution in [3.05, 3.63) is 40.5 Å². The van der Waals surface area contributed by atoms with Crippen LogP contribution in [0.1, 0.15) is 53.6 Å². The molecule has 0 unspecified atom stereocenters. The van der Waals surface area contributed by atoms with Gasteiger partial charge in [0, 0.05) is 22.8 Å². The number of carbonyl (C=O) groups is 2. The molecule has 4 bridgehead atoms. The molecule has 0 amide bonds. The number of methoxy groups -OCH3 is 3. The quantitative estimate of drug-likeness (QED) is 0.306. The monoisotopic (exact) mass is 396 g/mol. The van der Waals surface area contributed by atoms with Crippen molar-refractivity contribution in [3.63, 3.8) is 0 Å². The molecule has 5 heteroatoms. The van der Waals surface area contributed by atoms with E-state index >= 15 is 0 Å². The molecule has 0 spiro atoms. The van der Waals surface area contributed by atoms with Gasteiger partial charge in [-0.05, 0) is 79.6 Å². The van der Waals surface area contributed by atoms with Crippen LogP contribution < -0.4 is 4.74 Å². The second-order valence-corrected chi connectivity index (χ2v) is 8.45. The van der Waals surface area contributed by atoms with E-state index < -0.39 is 5.97 Å². The van der Waals surface area contributed by atoms with Gasteiger partial charge in [0.25, 0.3) is 0 Å². The van der Waals surface area contributed by atoms with Gasteiger partial charge in [0.2, 0.25) is 0 Å². The molecule has 5 rings (SSSR count). The summed E-state index contributed by atoms with van der Waals surface area (Å²) in [6, 6.07) is 3.61. The van der Waals surface area contributed by atoms with E-state index in [-0.39, 0.29) is 0 Å². The van der Waals surface area contributed by atoms with E-state index in [1.165, 1.54) is 50.9 Å². The second kappa shape index (κ2) is 8.05. The van der Waals surface area contributed by atoms with Crippen molar-refractivity contribution in [3.8, 4) is 5.75 Å². The van der Waals surface area contributed by atoms with Crippen LogP contribution in [0.2, 0.25) is 0 Å². The normalized spacial score (nSPS) is 27.2. The summed E-state index contributed by atoms with van der Waals surface area (Å²) >= 11 is 0. The number of hydrogen-bond acceptors (Lipinski definition) is 5. The minimum absolute atomic E-state index is 0.461. The van der Waals surface area contributed by atoms with Gasteiger partial charge in [-0.1, -0.05) is 0 Å². The molecule has 29 heavy (non-hydrogen) atoms. The first-order chi connectivity index (χ1) is 14.1. The molecule has 4 aliphatic rings. The third-order valence-corrected chi connectivity index (χ3v) is 6.86. The maximum atomic E-state index is 11.9. The van der Waals surface area contributed by atoms with Gasteiger partial charge in [0.1, 0.15) is 11.5 Å². The molecule has 4 saturated carbocycles. The topological polar surface area (TPSA) is 61.8 Å². The lowest BCUT2D eigenvalue weighted by Gasteiger charge is -2.51. The fraction of sp³-hybridized carbons (Fsp3) is 0.500. The first-order valence-electron chi connectivity index (χ1n) is 10.3. The van der Waals surface area contributed by atoms with Crippen LogP contribution in [0.25, 0.3) is 11.8 Å². The van der Waals surface area contributed by atoms with Crippen molar-refractivity contribution in [1.29, 1.82) is 0 Å². The number of rotatable bonds is 6. The number of esters is 1. The highest BCUT2D eigenvalue weighted by molar-refractivity contribution is 5.90. The summed E-state index contributed by atoms with van der Waals surface area (Å²) in [6.07, 6.45) is 10.1. The number of hydrogen-bond donors (Lipinski definition) is 0. The van der Waals surface area contributed by atoms with Crippen molar-refractivity contribution < 1.29 is 23.8 Å². The first kappa shape index (κ1) is 19.7. The van der Waals surface area contributed by atoms with E-state index in [1.54, 1.807) is 26.4 Å². The smallest absolute Gasteiger partial charge is 0.330 e. The van der Waals surface area contributed by atoms with E-state index in [2.05, 4.69) is 4.74 Å². The maximum absolute atomic E-state index is 11.9. The zero-order valence-corrected chi connectivity index (χ0v) is 17.3. The average Bonchev–Trinajstić information content (AvgIpc) is 2.73. The van der Waals surface area contributed by atoms with Gasteiger partial charge in [0.05, 0.1) is 21.3 Å². The zero-order chi connectivity index (χ0) is 20.5. The number of benzene rings is 1. The number of ether oxygens (including phenoxy) is 3. The van der Waals surface area contributed by atoms with Crippen molar-refractivity contribution in [2.24, 2.45) is 23.7 Å². The minimum Gasteiger partial charge on any atom is -0.496 e. The summed E-state index contributed by atoms with van der Waals surface area (Å²) in [4.78, 5) is 23.4. The van der Waals surface area contributed by atoms with E-state index in [9.17, 15) is 9.59 Å². The Kier molecular flexibility index (Phi) is 5.48. The molecule has 0 aromatic heterocycles.